The molecule has 0 aliphatic heterocycles. The minimum atomic E-state index is 0. The fourth-order valence-corrected chi connectivity index (χ4v) is 7.78. The zero-order valence-electron chi connectivity index (χ0n) is 32.4. The fraction of sp³-hybridized carbons (Fsp3) is 0.362. The number of rotatable bonds is 4. The van der Waals surface area contributed by atoms with Crippen LogP contribution in [-0.2, 0) is 45.9 Å². The molecule has 0 N–H and O–H groups in total. The van der Waals surface area contributed by atoms with Crippen molar-refractivity contribution in [3.8, 4) is 0 Å². The van der Waals surface area contributed by atoms with E-state index < -0.39 is 0 Å². The Morgan fingerprint density at radius 1 is 0.600 bits per heavy atom. The Morgan fingerprint density at radius 2 is 0.980 bits per heavy atom. The summed E-state index contributed by atoms with van der Waals surface area (Å²) in [5.41, 5.74) is 9.05. The molecule has 0 atom stereocenters. The normalized spacial score (nSPS) is 12.8. The first-order chi connectivity index (χ1) is 22.3. The zero-order valence-corrected chi connectivity index (χ0v) is 36.3. The van der Waals surface area contributed by atoms with Gasteiger partial charge in [0.1, 0.15) is 0 Å². The average Bonchev–Trinajstić information content (AvgIpc) is 3.72. The minimum Gasteiger partial charge on any atom is -1.00 e. The van der Waals surface area contributed by atoms with E-state index in [1.165, 1.54) is 79.2 Å². The van der Waals surface area contributed by atoms with Gasteiger partial charge in [0, 0.05) is 0 Å². The van der Waals surface area contributed by atoms with Gasteiger partial charge in [-0.15, -0.1) is 46.2 Å². The van der Waals surface area contributed by atoms with Crippen LogP contribution in [0.2, 0.25) is 0 Å². The van der Waals surface area contributed by atoms with E-state index in [0.29, 0.717) is 0 Å². The van der Waals surface area contributed by atoms with Gasteiger partial charge < -0.3 is 24.8 Å². The molecule has 0 aromatic heterocycles. The van der Waals surface area contributed by atoms with Gasteiger partial charge in [0.2, 0.25) is 0 Å². The second kappa shape index (κ2) is 17.4. The van der Waals surface area contributed by atoms with Crippen LogP contribution >= 0.6 is 0 Å². The van der Waals surface area contributed by atoms with Crippen molar-refractivity contribution in [1.29, 1.82) is 0 Å². The SMILES string of the molecule is CC(C)([C](=[Zr+2])C(C)(C)c1ccccc1)c1ccccc1.Cc1cc2[cH-]c3cc(C)c(C(C)(C)C)cc3c2cc1C(C)(C)C.[C-]1=CC=CC1.[Cl-].[Cl-]. The first-order valence-electron chi connectivity index (χ1n) is 17.4. The van der Waals surface area contributed by atoms with Gasteiger partial charge in [0.15, 0.2) is 0 Å². The van der Waals surface area contributed by atoms with E-state index in [-0.39, 0.29) is 46.5 Å². The van der Waals surface area contributed by atoms with Crippen molar-refractivity contribution >= 4 is 24.8 Å². The molecule has 0 heterocycles. The van der Waals surface area contributed by atoms with Gasteiger partial charge in [-0.1, -0.05) is 75.9 Å². The summed E-state index contributed by atoms with van der Waals surface area (Å²) >= 11 is 1.51. The molecular weight excluding hydrogens is 727 g/mol. The molecule has 0 spiro atoms. The maximum absolute atomic E-state index is 2.99. The van der Waals surface area contributed by atoms with E-state index in [2.05, 4.69) is 186 Å². The summed E-state index contributed by atoms with van der Waals surface area (Å²) in [5.74, 6) is 0. The van der Waals surface area contributed by atoms with E-state index in [9.17, 15) is 0 Å². The van der Waals surface area contributed by atoms with Crippen LogP contribution in [0.1, 0.15) is 109 Å². The molecule has 3 heteroatoms. The third kappa shape index (κ3) is 10.1. The largest absolute Gasteiger partial charge is 1.00 e. The van der Waals surface area contributed by atoms with Gasteiger partial charge in [0.25, 0.3) is 0 Å². The monoisotopic (exact) mass is 780 g/mol. The third-order valence-corrected chi connectivity index (χ3v) is 12.9. The number of allylic oxidation sites excluding steroid dienone is 4. The Bertz CT molecular complexity index is 1780. The second-order valence-electron chi connectivity index (χ2n) is 16.5. The molecular formula is C47H56Cl2Zr-2. The van der Waals surface area contributed by atoms with Crippen LogP contribution in [0.5, 0.6) is 0 Å². The molecule has 264 valence electrons. The van der Waals surface area contributed by atoms with Gasteiger partial charge in [-0.25, -0.2) is 12.2 Å². The summed E-state index contributed by atoms with van der Waals surface area (Å²) in [6.07, 6.45) is 10.0. The molecule has 0 amide bonds. The number of hydrogen-bond donors (Lipinski definition) is 0. The minimum absolute atomic E-state index is 0. The molecule has 0 saturated carbocycles. The Morgan fingerprint density at radius 3 is 1.26 bits per heavy atom. The zero-order chi connectivity index (χ0) is 35.5. The van der Waals surface area contributed by atoms with Crippen molar-refractivity contribution in [2.24, 2.45) is 0 Å². The molecule has 5 aromatic rings. The summed E-state index contributed by atoms with van der Waals surface area (Å²) < 4.78 is 1.58. The van der Waals surface area contributed by atoms with E-state index in [4.69, 9.17) is 0 Å². The predicted octanol–water partition coefficient (Wildman–Crippen LogP) is 6.90. The second-order valence-corrected chi connectivity index (χ2v) is 17.7. The van der Waals surface area contributed by atoms with Crippen molar-refractivity contribution < 1.29 is 49.0 Å². The van der Waals surface area contributed by atoms with E-state index in [0.717, 1.165) is 6.42 Å². The molecule has 0 bridgehead atoms. The van der Waals surface area contributed by atoms with Crippen molar-refractivity contribution in [1.82, 2.24) is 0 Å². The summed E-state index contributed by atoms with van der Waals surface area (Å²) in [6, 6.07) is 33.6. The quantitative estimate of drug-likeness (QED) is 0.174. The summed E-state index contributed by atoms with van der Waals surface area (Å²) in [4.78, 5) is 0. The van der Waals surface area contributed by atoms with Crippen molar-refractivity contribution in [3.05, 3.63) is 149 Å². The molecule has 0 unspecified atom stereocenters. The molecule has 5 aromatic carbocycles. The molecule has 0 radical (unpaired) electrons. The summed E-state index contributed by atoms with van der Waals surface area (Å²) in [5, 5.41) is 5.55. The number of fused-ring (bicyclic) bond motifs is 3. The maximum Gasteiger partial charge on any atom is -0.0142 e. The number of benzene rings is 4. The van der Waals surface area contributed by atoms with Gasteiger partial charge in [-0.05, 0) is 24.7 Å². The first-order valence-corrected chi connectivity index (χ1v) is 18.7. The Kier molecular flexibility index (Phi) is 15.2. The topological polar surface area (TPSA) is 0 Å². The summed E-state index contributed by atoms with van der Waals surface area (Å²) in [6.45, 7) is 27.7. The van der Waals surface area contributed by atoms with Gasteiger partial charge in [0.05, 0.1) is 0 Å². The van der Waals surface area contributed by atoms with Crippen molar-refractivity contribution in [2.75, 3.05) is 0 Å². The Hall–Kier alpha value is -2.44. The van der Waals surface area contributed by atoms with Crippen molar-refractivity contribution in [2.45, 2.75) is 111 Å². The van der Waals surface area contributed by atoms with E-state index in [1.807, 2.05) is 12.2 Å². The van der Waals surface area contributed by atoms with Crippen LogP contribution < -0.4 is 24.8 Å². The van der Waals surface area contributed by atoms with Crippen LogP contribution in [0.25, 0.3) is 21.5 Å². The molecule has 0 saturated heterocycles. The molecule has 1 aliphatic rings. The Balaban J connectivity index is 0.000000295. The van der Waals surface area contributed by atoms with Crippen LogP contribution in [0.3, 0.4) is 0 Å². The van der Waals surface area contributed by atoms with Gasteiger partial charge in [-0.3, -0.25) is 6.08 Å². The predicted molar refractivity (Wildman–Crippen MR) is 209 cm³/mol. The average molecular weight is 783 g/mol. The van der Waals surface area contributed by atoms with Crippen molar-refractivity contribution in [3.63, 3.8) is 0 Å². The number of halogens is 2. The van der Waals surface area contributed by atoms with Crippen LogP contribution in [0, 0.1) is 19.9 Å². The van der Waals surface area contributed by atoms with Crippen LogP contribution in [0.15, 0.2) is 109 Å². The van der Waals surface area contributed by atoms with Gasteiger partial charge in [-0.2, -0.15) is 6.08 Å². The Labute approximate surface area is 331 Å². The van der Waals surface area contributed by atoms with Crippen LogP contribution in [-0.4, -0.2) is 3.21 Å². The molecule has 1 aliphatic carbocycles. The maximum atomic E-state index is 2.99. The fourth-order valence-electron chi connectivity index (χ4n) is 7.07. The van der Waals surface area contributed by atoms with E-state index >= 15 is 0 Å². The van der Waals surface area contributed by atoms with Crippen LogP contribution in [0.4, 0.5) is 0 Å². The standard InChI is InChI=1S/C23H29.C19H22.C5H5.2ClH.Zr/c1-14-9-16-11-17-10-15(2)21(23(6,7)8)13-19(17)18(16)12-20(14)22(3,4)5;1-18(2,16-11-7-5-8-12-16)15-19(3,4)17-13-9-6-10-14-17;1-2-4-5-3-1;;;/h9-13H,1-8H3;5-14H,1-4H3;1-3H,4H2;2*1H;/q-1;;-1;;;+2/p-2. The molecule has 6 rings (SSSR count). The first kappa shape index (κ1) is 43.7. The molecule has 0 fully saturated rings. The number of hydrogen-bond acceptors (Lipinski definition) is 0. The third-order valence-electron chi connectivity index (χ3n) is 9.84. The summed E-state index contributed by atoms with van der Waals surface area (Å²) in [7, 11) is 0. The number of aryl methyl sites for hydroxylation is 2. The van der Waals surface area contributed by atoms with Gasteiger partial charge >= 0.3 is 138 Å². The smallest absolute Gasteiger partial charge is 0.0142 e. The molecule has 0 nitrogen and oxygen atoms in total. The van der Waals surface area contributed by atoms with E-state index in [1.54, 1.807) is 3.21 Å². The molecule has 50 heavy (non-hydrogen) atoms.